The Bertz CT molecular complexity index is 926. The van der Waals surface area contributed by atoms with Crippen molar-refractivity contribution in [3.8, 4) is 5.75 Å². The van der Waals surface area contributed by atoms with Gasteiger partial charge in [-0.3, -0.25) is 4.98 Å². The Morgan fingerprint density at radius 1 is 1.22 bits per heavy atom. The van der Waals surface area contributed by atoms with Crippen LogP contribution in [0.1, 0.15) is 28.5 Å². The molecule has 0 saturated heterocycles. The lowest BCUT2D eigenvalue weighted by molar-refractivity contribution is 0.0734. The number of ether oxygens (including phenoxy) is 1. The van der Waals surface area contributed by atoms with Gasteiger partial charge in [-0.05, 0) is 43.2 Å². The topological polar surface area (TPSA) is 69.4 Å². The number of carbonyl (C=O) groups excluding carboxylic acids is 1. The maximum Gasteiger partial charge on any atom is 0.345 e. The number of hydrogen-bond acceptors (Lipinski definition) is 5. The smallest absolute Gasteiger partial charge is 0.345 e. The average molecular weight is 309 g/mol. The molecule has 0 radical (unpaired) electrons. The van der Waals surface area contributed by atoms with Crippen LogP contribution in [0.3, 0.4) is 0 Å². The first-order valence-corrected chi connectivity index (χ1v) is 7.28. The fraction of sp³-hybridized carbons (Fsp3) is 0.167. The highest BCUT2D eigenvalue weighted by molar-refractivity contribution is 5.91. The molecule has 0 aliphatic heterocycles. The standard InChI is InChI=1S/C18H15NO4/c1-3-12-8-17(20)23-16-9-14(6-7-15(12)16)22-18(21)13-5-4-11(2)19-10-13/h4-10H,3H2,1-2H3. The number of fused-ring (bicyclic) bond motifs is 1. The Morgan fingerprint density at radius 2 is 2.04 bits per heavy atom. The van der Waals surface area contributed by atoms with Crippen LogP contribution in [0.25, 0.3) is 11.0 Å². The number of aromatic nitrogens is 1. The van der Waals surface area contributed by atoms with E-state index in [0.717, 1.165) is 23.1 Å². The van der Waals surface area contributed by atoms with Crippen molar-refractivity contribution in [3.63, 3.8) is 0 Å². The molecular formula is C18H15NO4. The summed E-state index contributed by atoms with van der Waals surface area (Å²) in [5.41, 5.74) is 2.07. The Kier molecular flexibility index (Phi) is 3.93. The molecule has 2 aromatic heterocycles. The van der Waals surface area contributed by atoms with Crippen LogP contribution in [0.4, 0.5) is 0 Å². The van der Waals surface area contributed by atoms with E-state index in [-0.39, 0.29) is 0 Å². The fourth-order valence-electron chi connectivity index (χ4n) is 2.32. The second kappa shape index (κ2) is 6.04. The summed E-state index contributed by atoms with van der Waals surface area (Å²) in [5.74, 6) is -0.190. The zero-order chi connectivity index (χ0) is 16.4. The monoisotopic (exact) mass is 309 g/mol. The van der Waals surface area contributed by atoms with Crippen molar-refractivity contribution in [3.05, 3.63) is 69.8 Å². The van der Waals surface area contributed by atoms with E-state index in [4.69, 9.17) is 9.15 Å². The van der Waals surface area contributed by atoms with Gasteiger partial charge in [-0.15, -0.1) is 0 Å². The van der Waals surface area contributed by atoms with E-state index in [9.17, 15) is 9.59 Å². The minimum atomic E-state index is -0.508. The van der Waals surface area contributed by atoms with Crippen LogP contribution in [0.15, 0.2) is 51.8 Å². The molecule has 3 aromatic rings. The summed E-state index contributed by atoms with van der Waals surface area (Å²) in [4.78, 5) is 27.7. The third kappa shape index (κ3) is 3.13. The van der Waals surface area contributed by atoms with Crippen molar-refractivity contribution in [2.45, 2.75) is 20.3 Å². The van der Waals surface area contributed by atoms with Crippen LogP contribution in [-0.2, 0) is 6.42 Å². The van der Waals surface area contributed by atoms with Crippen LogP contribution in [0.2, 0.25) is 0 Å². The first-order valence-electron chi connectivity index (χ1n) is 7.28. The summed E-state index contributed by atoms with van der Waals surface area (Å²) in [6, 6.07) is 9.89. The van der Waals surface area contributed by atoms with Gasteiger partial charge in [-0.25, -0.2) is 9.59 Å². The number of pyridine rings is 1. The highest BCUT2D eigenvalue weighted by Gasteiger charge is 2.11. The lowest BCUT2D eigenvalue weighted by Crippen LogP contribution is -2.09. The molecule has 0 aliphatic rings. The highest BCUT2D eigenvalue weighted by Crippen LogP contribution is 2.23. The van der Waals surface area contributed by atoms with Crippen LogP contribution in [-0.4, -0.2) is 11.0 Å². The summed E-state index contributed by atoms with van der Waals surface area (Å²) in [7, 11) is 0. The Balaban J connectivity index is 1.93. The summed E-state index contributed by atoms with van der Waals surface area (Å²) < 4.78 is 10.5. The Labute approximate surface area is 132 Å². The van der Waals surface area contributed by atoms with Crippen molar-refractivity contribution in [2.24, 2.45) is 0 Å². The molecule has 0 atom stereocenters. The first kappa shape index (κ1) is 15.0. The summed E-state index contributed by atoms with van der Waals surface area (Å²) in [6.45, 7) is 3.80. The van der Waals surface area contributed by atoms with Gasteiger partial charge in [0.15, 0.2) is 0 Å². The zero-order valence-corrected chi connectivity index (χ0v) is 12.8. The molecule has 0 unspecified atom stereocenters. The zero-order valence-electron chi connectivity index (χ0n) is 12.8. The number of rotatable bonds is 3. The van der Waals surface area contributed by atoms with Crippen molar-refractivity contribution < 1.29 is 13.9 Å². The van der Waals surface area contributed by atoms with E-state index >= 15 is 0 Å². The molecule has 0 spiro atoms. The van der Waals surface area contributed by atoms with Gasteiger partial charge in [-0.2, -0.15) is 0 Å². The molecule has 0 amide bonds. The Morgan fingerprint density at radius 3 is 2.74 bits per heavy atom. The number of aryl methyl sites for hydroxylation is 2. The molecule has 0 bridgehead atoms. The predicted octanol–water partition coefficient (Wildman–Crippen LogP) is 3.28. The lowest BCUT2D eigenvalue weighted by atomic mass is 10.1. The summed E-state index contributed by atoms with van der Waals surface area (Å²) >= 11 is 0. The SMILES string of the molecule is CCc1cc(=O)oc2cc(OC(=O)c3ccc(C)nc3)ccc12. The van der Waals surface area contributed by atoms with Gasteiger partial charge in [0.1, 0.15) is 11.3 Å². The van der Waals surface area contributed by atoms with Gasteiger partial charge in [0, 0.05) is 29.4 Å². The molecule has 0 fully saturated rings. The minimum Gasteiger partial charge on any atom is -0.423 e. The normalized spacial score (nSPS) is 10.7. The molecule has 5 heteroatoms. The number of nitrogens with zero attached hydrogens (tertiary/aromatic N) is 1. The van der Waals surface area contributed by atoms with Crippen LogP contribution >= 0.6 is 0 Å². The molecule has 3 rings (SSSR count). The summed E-state index contributed by atoms with van der Waals surface area (Å²) in [5, 5.41) is 0.837. The van der Waals surface area contributed by atoms with Gasteiger partial charge >= 0.3 is 11.6 Å². The molecular weight excluding hydrogens is 294 g/mol. The van der Waals surface area contributed by atoms with Crippen molar-refractivity contribution in [1.82, 2.24) is 4.98 Å². The molecule has 0 N–H and O–H groups in total. The minimum absolute atomic E-state index is 0.319. The van der Waals surface area contributed by atoms with Crippen LogP contribution in [0.5, 0.6) is 5.75 Å². The molecule has 0 saturated carbocycles. The van der Waals surface area contributed by atoms with E-state index in [0.29, 0.717) is 16.9 Å². The van der Waals surface area contributed by atoms with E-state index in [1.165, 1.54) is 12.3 Å². The largest absolute Gasteiger partial charge is 0.423 e. The molecule has 5 nitrogen and oxygen atoms in total. The lowest BCUT2D eigenvalue weighted by Gasteiger charge is -2.07. The van der Waals surface area contributed by atoms with Gasteiger partial charge in [0.25, 0.3) is 0 Å². The average Bonchev–Trinajstić information content (AvgIpc) is 2.54. The fourth-order valence-corrected chi connectivity index (χ4v) is 2.32. The van der Waals surface area contributed by atoms with E-state index in [1.54, 1.807) is 30.3 Å². The summed E-state index contributed by atoms with van der Waals surface area (Å²) in [6.07, 6.45) is 2.18. The Hall–Kier alpha value is -2.95. The number of carbonyl (C=O) groups is 1. The number of benzene rings is 1. The predicted molar refractivity (Wildman–Crippen MR) is 85.8 cm³/mol. The maximum absolute atomic E-state index is 12.1. The molecule has 116 valence electrons. The van der Waals surface area contributed by atoms with Crippen molar-refractivity contribution >= 4 is 16.9 Å². The van der Waals surface area contributed by atoms with Crippen molar-refractivity contribution in [1.29, 1.82) is 0 Å². The second-order valence-electron chi connectivity index (χ2n) is 5.18. The van der Waals surface area contributed by atoms with Crippen molar-refractivity contribution in [2.75, 3.05) is 0 Å². The van der Waals surface area contributed by atoms with Gasteiger partial charge in [-0.1, -0.05) is 6.92 Å². The van der Waals surface area contributed by atoms with Crippen LogP contribution < -0.4 is 10.4 Å². The third-order valence-corrected chi connectivity index (χ3v) is 3.54. The van der Waals surface area contributed by atoms with Gasteiger partial charge in [0.2, 0.25) is 0 Å². The van der Waals surface area contributed by atoms with E-state index in [1.807, 2.05) is 13.8 Å². The molecule has 0 aliphatic carbocycles. The maximum atomic E-state index is 12.1. The van der Waals surface area contributed by atoms with Gasteiger partial charge < -0.3 is 9.15 Å². The first-order chi connectivity index (χ1) is 11.1. The highest BCUT2D eigenvalue weighted by atomic mass is 16.5. The van der Waals surface area contributed by atoms with E-state index < -0.39 is 11.6 Å². The molecule has 2 heterocycles. The van der Waals surface area contributed by atoms with E-state index in [2.05, 4.69) is 4.98 Å². The molecule has 23 heavy (non-hydrogen) atoms. The number of esters is 1. The van der Waals surface area contributed by atoms with Gasteiger partial charge in [0.05, 0.1) is 5.56 Å². The number of hydrogen-bond donors (Lipinski definition) is 0. The van der Waals surface area contributed by atoms with Crippen LogP contribution in [0, 0.1) is 6.92 Å². The second-order valence-corrected chi connectivity index (χ2v) is 5.18. The quantitative estimate of drug-likeness (QED) is 0.422. The molecule has 1 aromatic carbocycles. The third-order valence-electron chi connectivity index (χ3n) is 3.54.